The summed E-state index contributed by atoms with van der Waals surface area (Å²) >= 11 is 0. The number of hydrogen-bond acceptors (Lipinski definition) is 3. The largest absolute Gasteiger partial charge is 0.296 e. The van der Waals surface area contributed by atoms with E-state index in [1.54, 1.807) is 12.1 Å². The third kappa shape index (κ3) is 3.02. The molecule has 5 heteroatoms. The molecule has 4 nitrogen and oxygen atoms in total. The molecule has 1 saturated heterocycles. The van der Waals surface area contributed by atoms with E-state index < -0.39 is 0 Å². The molecule has 0 amide bonds. The molecule has 1 atom stereocenters. The summed E-state index contributed by atoms with van der Waals surface area (Å²) in [5.74, 6) is 2.18. The Morgan fingerprint density at radius 1 is 1.13 bits per heavy atom. The molecule has 1 aliphatic carbocycles. The number of benzene rings is 1. The van der Waals surface area contributed by atoms with Crippen LogP contribution in [0, 0.1) is 5.82 Å². The van der Waals surface area contributed by atoms with E-state index in [2.05, 4.69) is 11.9 Å². The minimum Gasteiger partial charge on any atom is -0.296 e. The Balaban J connectivity index is 1.77. The fourth-order valence-corrected chi connectivity index (χ4v) is 3.45. The summed E-state index contributed by atoms with van der Waals surface area (Å²) in [6, 6.07) is 6.93. The molecular formula is C18H23FN4. The number of nitrogens with zero attached hydrogens (tertiary/aromatic N) is 4. The summed E-state index contributed by atoms with van der Waals surface area (Å²) < 4.78 is 15.6. The summed E-state index contributed by atoms with van der Waals surface area (Å²) in [5, 5.41) is 4.74. The average molecular weight is 314 g/mol. The fraction of sp³-hybridized carbons (Fsp3) is 0.556. The molecule has 0 bridgehead atoms. The number of likely N-dealkylation sites (tertiary alicyclic amines) is 1. The zero-order chi connectivity index (χ0) is 15.8. The topological polar surface area (TPSA) is 34.0 Å². The van der Waals surface area contributed by atoms with Crippen LogP contribution in [0.2, 0.25) is 0 Å². The highest BCUT2D eigenvalue weighted by atomic mass is 19.1. The maximum absolute atomic E-state index is 13.7. The lowest BCUT2D eigenvalue weighted by atomic mass is 10.1. The van der Waals surface area contributed by atoms with Crippen molar-refractivity contribution in [3.8, 4) is 5.69 Å². The van der Waals surface area contributed by atoms with E-state index in [1.165, 1.54) is 38.2 Å². The molecule has 2 heterocycles. The molecule has 23 heavy (non-hydrogen) atoms. The summed E-state index contributed by atoms with van der Waals surface area (Å²) in [4.78, 5) is 7.26. The van der Waals surface area contributed by atoms with Crippen molar-refractivity contribution in [2.24, 2.45) is 0 Å². The van der Waals surface area contributed by atoms with E-state index in [-0.39, 0.29) is 11.9 Å². The summed E-state index contributed by atoms with van der Waals surface area (Å²) in [7, 11) is 2.16. The molecule has 4 rings (SSSR count). The monoisotopic (exact) mass is 314 g/mol. The first-order valence-corrected chi connectivity index (χ1v) is 8.65. The molecule has 0 spiro atoms. The van der Waals surface area contributed by atoms with Crippen molar-refractivity contribution in [3.05, 3.63) is 41.7 Å². The highest BCUT2D eigenvalue weighted by molar-refractivity contribution is 5.33. The Morgan fingerprint density at radius 3 is 2.78 bits per heavy atom. The van der Waals surface area contributed by atoms with E-state index >= 15 is 0 Å². The van der Waals surface area contributed by atoms with Crippen molar-refractivity contribution in [3.63, 3.8) is 0 Å². The van der Waals surface area contributed by atoms with Crippen LogP contribution in [0.5, 0.6) is 0 Å². The van der Waals surface area contributed by atoms with Crippen LogP contribution in [-0.4, -0.2) is 33.3 Å². The van der Waals surface area contributed by atoms with E-state index in [1.807, 2.05) is 10.7 Å². The van der Waals surface area contributed by atoms with Gasteiger partial charge in [-0.3, -0.25) is 4.90 Å². The Morgan fingerprint density at radius 2 is 2.00 bits per heavy atom. The van der Waals surface area contributed by atoms with Gasteiger partial charge in [-0.1, -0.05) is 18.9 Å². The van der Waals surface area contributed by atoms with Gasteiger partial charge in [0, 0.05) is 5.92 Å². The lowest BCUT2D eigenvalue weighted by Crippen LogP contribution is -2.26. The molecule has 0 N–H and O–H groups in total. The van der Waals surface area contributed by atoms with Gasteiger partial charge in [-0.25, -0.2) is 14.1 Å². The van der Waals surface area contributed by atoms with Gasteiger partial charge in [0.05, 0.1) is 11.7 Å². The average Bonchev–Trinajstić information content (AvgIpc) is 3.33. The Labute approximate surface area is 136 Å². The third-order valence-electron chi connectivity index (χ3n) is 4.96. The molecule has 122 valence electrons. The molecule has 0 radical (unpaired) electrons. The lowest BCUT2D eigenvalue weighted by molar-refractivity contribution is 0.237. The van der Waals surface area contributed by atoms with Crippen molar-refractivity contribution in [2.75, 3.05) is 13.6 Å². The minimum absolute atomic E-state index is 0.230. The zero-order valence-corrected chi connectivity index (χ0v) is 13.6. The molecular weight excluding hydrogens is 291 g/mol. The van der Waals surface area contributed by atoms with E-state index in [0.29, 0.717) is 5.92 Å². The number of rotatable bonds is 3. The summed E-state index contributed by atoms with van der Waals surface area (Å²) in [5.41, 5.74) is 0.775. The normalized spacial score (nSPS) is 23.0. The number of halogens is 1. The molecule has 1 aliphatic heterocycles. The van der Waals surface area contributed by atoms with Crippen molar-refractivity contribution in [1.29, 1.82) is 0 Å². The van der Waals surface area contributed by atoms with Crippen LogP contribution in [0.1, 0.15) is 62.1 Å². The smallest absolute Gasteiger partial charge is 0.154 e. The van der Waals surface area contributed by atoms with Crippen LogP contribution in [0.4, 0.5) is 4.39 Å². The van der Waals surface area contributed by atoms with Gasteiger partial charge >= 0.3 is 0 Å². The summed E-state index contributed by atoms with van der Waals surface area (Å²) in [6.45, 7) is 1.08. The Hall–Kier alpha value is -1.75. The lowest BCUT2D eigenvalue weighted by Gasteiger charge is -2.25. The van der Waals surface area contributed by atoms with Crippen LogP contribution in [0.25, 0.3) is 5.69 Å². The van der Waals surface area contributed by atoms with Crippen LogP contribution < -0.4 is 0 Å². The minimum atomic E-state index is -0.230. The van der Waals surface area contributed by atoms with Gasteiger partial charge in [0.2, 0.25) is 0 Å². The first kappa shape index (κ1) is 14.8. The molecule has 2 aromatic rings. The molecule has 2 fully saturated rings. The van der Waals surface area contributed by atoms with Crippen LogP contribution >= 0.6 is 0 Å². The first-order valence-electron chi connectivity index (χ1n) is 8.65. The van der Waals surface area contributed by atoms with Crippen LogP contribution in [-0.2, 0) is 0 Å². The van der Waals surface area contributed by atoms with Gasteiger partial charge in [-0.2, -0.15) is 5.10 Å². The SMILES string of the molecule is CN1CCCCC[C@H]1c1nc(C2CC2)nn1-c1cccc(F)c1. The van der Waals surface area contributed by atoms with Gasteiger partial charge in [0.25, 0.3) is 0 Å². The van der Waals surface area contributed by atoms with Gasteiger partial charge in [0.15, 0.2) is 5.82 Å². The second kappa shape index (κ2) is 6.04. The van der Waals surface area contributed by atoms with E-state index in [4.69, 9.17) is 10.1 Å². The Kier molecular flexibility index (Phi) is 3.89. The zero-order valence-electron chi connectivity index (χ0n) is 13.6. The van der Waals surface area contributed by atoms with Gasteiger partial charge < -0.3 is 0 Å². The molecule has 1 saturated carbocycles. The second-order valence-corrected chi connectivity index (χ2v) is 6.84. The molecule has 0 unspecified atom stereocenters. The predicted molar refractivity (Wildman–Crippen MR) is 87.1 cm³/mol. The Bertz CT molecular complexity index is 692. The van der Waals surface area contributed by atoms with Crippen LogP contribution in [0.3, 0.4) is 0 Å². The van der Waals surface area contributed by atoms with Gasteiger partial charge in [-0.05, 0) is 57.5 Å². The standard InChI is InChI=1S/C18H23FN4/c1-22-11-4-2-3-8-16(22)18-20-17(13-9-10-13)21-23(18)15-7-5-6-14(19)12-15/h5-7,12-13,16H,2-4,8-11H2,1H3/t16-/m0/s1. The number of hydrogen-bond donors (Lipinski definition) is 0. The fourth-order valence-electron chi connectivity index (χ4n) is 3.45. The van der Waals surface area contributed by atoms with Crippen LogP contribution in [0.15, 0.2) is 24.3 Å². The molecule has 1 aromatic carbocycles. The first-order chi connectivity index (χ1) is 11.2. The highest BCUT2D eigenvalue weighted by Gasteiger charge is 2.32. The second-order valence-electron chi connectivity index (χ2n) is 6.84. The van der Waals surface area contributed by atoms with E-state index in [9.17, 15) is 4.39 Å². The maximum Gasteiger partial charge on any atom is 0.154 e. The number of aromatic nitrogens is 3. The quantitative estimate of drug-likeness (QED) is 0.863. The predicted octanol–water partition coefficient (Wildman–Crippen LogP) is 3.83. The van der Waals surface area contributed by atoms with Crippen molar-refractivity contribution in [1.82, 2.24) is 19.7 Å². The maximum atomic E-state index is 13.7. The van der Waals surface area contributed by atoms with E-state index in [0.717, 1.165) is 30.3 Å². The summed E-state index contributed by atoms with van der Waals surface area (Å²) in [6.07, 6.45) is 7.15. The molecule has 2 aliphatic rings. The van der Waals surface area contributed by atoms with Crippen molar-refractivity contribution in [2.45, 2.75) is 50.5 Å². The van der Waals surface area contributed by atoms with Crippen molar-refractivity contribution >= 4 is 0 Å². The highest BCUT2D eigenvalue weighted by Crippen LogP contribution is 2.39. The van der Waals surface area contributed by atoms with Gasteiger partial charge in [0.1, 0.15) is 11.6 Å². The molecule has 1 aromatic heterocycles. The van der Waals surface area contributed by atoms with Gasteiger partial charge in [-0.15, -0.1) is 0 Å². The third-order valence-corrected chi connectivity index (χ3v) is 4.96. The van der Waals surface area contributed by atoms with Crippen molar-refractivity contribution < 1.29 is 4.39 Å².